The maximum Gasteiger partial charge on any atom is 0.281 e. The Bertz CT molecular complexity index is 1650. The monoisotopic (exact) mass is 602 g/mol. The number of halogens is 1. The molecule has 1 saturated heterocycles. The second-order valence-electron chi connectivity index (χ2n) is 10.1. The number of anilines is 1. The Hall–Kier alpha value is -3.36. The fraction of sp³-hybridized carbons (Fsp3) is 0.182. The van der Waals surface area contributed by atoms with Crippen molar-refractivity contribution in [3.63, 3.8) is 0 Å². The van der Waals surface area contributed by atoms with E-state index < -0.39 is 10.2 Å². The number of rotatable bonds is 6. The second kappa shape index (κ2) is 11.9. The van der Waals surface area contributed by atoms with Gasteiger partial charge in [0.2, 0.25) is 11.2 Å². The Kier molecular flexibility index (Phi) is 8.04. The molecule has 3 heterocycles. The molecule has 41 heavy (non-hydrogen) atoms. The van der Waals surface area contributed by atoms with E-state index in [4.69, 9.17) is 11.6 Å². The first kappa shape index (κ1) is 27.8. The Morgan fingerprint density at radius 2 is 1.59 bits per heavy atom. The summed E-state index contributed by atoms with van der Waals surface area (Å²) in [6, 6.07) is 27.1. The molecular weight excluding hydrogens is 570 g/mol. The van der Waals surface area contributed by atoms with Crippen molar-refractivity contribution in [1.82, 2.24) is 4.31 Å². The number of pyridine rings is 1. The molecule has 1 fully saturated rings. The summed E-state index contributed by atoms with van der Waals surface area (Å²) in [5, 5.41) is 26.4. The minimum atomic E-state index is -1.86. The van der Waals surface area contributed by atoms with Gasteiger partial charge in [0.15, 0.2) is 0 Å². The van der Waals surface area contributed by atoms with Gasteiger partial charge in [-0.1, -0.05) is 48.5 Å². The summed E-state index contributed by atoms with van der Waals surface area (Å²) in [5.74, 6) is 0. The van der Waals surface area contributed by atoms with Gasteiger partial charge in [0, 0.05) is 65.0 Å². The lowest BCUT2D eigenvalue weighted by molar-refractivity contribution is -0.564. The van der Waals surface area contributed by atoms with Crippen molar-refractivity contribution in [2.24, 2.45) is 0 Å². The summed E-state index contributed by atoms with van der Waals surface area (Å²) < 4.78 is 4.50. The molecule has 0 saturated carbocycles. The van der Waals surface area contributed by atoms with Crippen LogP contribution < -0.4 is 9.47 Å². The fourth-order valence-corrected chi connectivity index (χ4v) is 10.1. The van der Waals surface area contributed by atoms with Crippen LogP contribution in [0.5, 0.6) is 0 Å². The number of piperidine rings is 1. The van der Waals surface area contributed by atoms with Crippen LogP contribution in [0.4, 0.5) is 5.69 Å². The van der Waals surface area contributed by atoms with Gasteiger partial charge in [0.25, 0.3) is 5.15 Å². The highest BCUT2D eigenvalue weighted by atomic mass is 35.5. The molecule has 0 radical (unpaired) electrons. The third-order valence-corrected chi connectivity index (χ3v) is 12.5. The Morgan fingerprint density at radius 3 is 2.32 bits per heavy atom. The van der Waals surface area contributed by atoms with E-state index in [0.29, 0.717) is 5.15 Å². The Balaban J connectivity index is 1.41. The Labute approximate surface area is 252 Å². The molecule has 1 aromatic heterocycles. The van der Waals surface area contributed by atoms with Crippen LogP contribution in [0.25, 0.3) is 22.7 Å². The summed E-state index contributed by atoms with van der Waals surface area (Å²) in [5.41, 5.74) is 4.25. The molecule has 6 rings (SSSR count). The number of aromatic nitrogens is 1. The average molecular weight is 603 g/mol. The normalized spacial score (nSPS) is 19.3. The molecule has 3 aromatic carbocycles. The predicted octanol–water partition coefficient (Wildman–Crippen LogP) is 8.93. The van der Waals surface area contributed by atoms with Gasteiger partial charge < -0.3 is 15.1 Å². The molecule has 0 amide bonds. The lowest BCUT2D eigenvalue weighted by Crippen LogP contribution is -2.33. The van der Waals surface area contributed by atoms with Crippen molar-refractivity contribution in [2.75, 3.05) is 25.0 Å². The van der Waals surface area contributed by atoms with Gasteiger partial charge in [-0.05, 0) is 60.3 Å². The molecule has 0 unspecified atom stereocenters. The zero-order valence-electron chi connectivity index (χ0n) is 22.9. The molecule has 4 aromatic rings. The number of hydrogen-bond acceptors (Lipinski definition) is 5. The Morgan fingerprint density at radius 1 is 0.878 bits per heavy atom. The van der Waals surface area contributed by atoms with Gasteiger partial charge >= 0.3 is 0 Å². The van der Waals surface area contributed by atoms with Crippen molar-refractivity contribution in [2.45, 2.75) is 29.1 Å². The van der Waals surface area contributed by atoms with E-state index in [1.807, 2.05) is 41.1 Å². The summed E-state index contributed by atoms with van der Waals surface area (Å²) in [4.78, 5) is 4.45. The van der Waals surface area contributed by atoms with Crippen LogP contribution in [0.15, 0.2) is 117 Å². The first-order valence-electron chi connectivity index (χ1n) is 13.7. The van der Waals surface area contributed by atoms with Gasteiger partial charge in [-0.3, -0.25) is 4.31 Å². The number of aliphatic hydroxyl groups is 2. The summed E-state index contributed by atoms with van der Waals surface area (Å²) in [6.07, 6.45) is 7.91. The van der Waals surface area contributed by atoms with Crippen LogP contribution in [0.1, 0.15) is 24.8 Å². The summed E-state index contributed by atoms with van der Waals surface area (Å²) in [7, 11) is 0.233. The molecule has 0 spiro atoms. The molecule has 0 atom stereocenters. The van der Waals surface area contributed by atoms with Gasteiger partial charge in [0.1, 0.15) is 0 Å². The first-order valence-corrected chi connectivity index (χ1v) is 16.6. The average Bonchev–Trinajstić information content (AvgIpc) is 3.32. The summed E-state index contributed by atoms with van der Waals surface area (Å²) >= 11 is 8.64. The zero-order chi connectivity index (χ0) is 28.4. The largest absolute Gasteiger partial charge is 0.515 e. The fourth-order valence-electron chi connectivity index (χ4n) is 5.75. The molecule has 210 valence electrons. The van der Waals surface area contributed by atoms with Gasteiger partial charge in [-0.15, -0.1) is 14.8 Å². The highest BCUT2D eigenvalue weighted by Crippen LogP contribution is 2.63. The SMILES string of the molecule is CN1C(=Cc2cc(Cl)[n+](-c3ccccc3)c3ccccc23)Sc2cc(S(C=CO)(C=CO)N3CCCCC3)ccc21. The molecule has 0 aliphatic carbocycles. The topological polar surface area (TPSA) is 50.8 Å². The quantitative estimate of drug-likeness (QED) is 0.131. The van der Waals surface area contributed by atoms with E-state index in [1.165, 1.54) is 6.42 Å². The minimum Gasteiger partial charge on any atom is -0.515 e. The molecule has 2 aliphatic rings. The predicted molar refractivity (Wildman–Crippen MR) is 174 cm³/mol. The molecule has 2 N–H and O–H groups in total. The number of fused-ring (bicyclic) bond motifs is 2. The maximum atomic E-state index is 9.93. The van der Waals surface area contributed by atoms with Gasteiger partial charge in [0.05, 0.1) is 28.6 Å². The lowest BCUT2D eigenvalue weighted by Gasteiger charge is -2.46. The number of para-hydroxylation sites is 2. The van der Waals surface area contributed by atoms with Crippen LogP contribution in [0.2, 0.25) is 5.15 Å². The van der Waals surface area contributed by atoms with Crippen molar-refractivity contribution < 1.29 is 14.8 Å². The molecular formula is C33H33ClN3O2S2+. The lowest BCUT2D eigenvalue weighted by atomic mass is 10.1. The van der Waals surface area contributed by atoms with E-state index in [9.17, 15) is 10.2 Å². The van der Waals surface area contributed by atoms with Gasteiger partial charge in [-0.2, -0.15) is 0 Å². The zero-order valence-corrected chi connectivity index (χ0v) is 25.2. The highest BCUT2D eigenvalue weighted by Gasteiger charge is 2.33. The van der Waals surface area contributed by atoms with Crippen molar-refractivity contribution in [3.05, 3.63) is 118 Å². The third-order valence-electron chi connectivity index (χ3n) is 7.73. The first-order chi connectivity index (χ1) is 20.1. The number of aliphatic hydroxyl groups excluding tert-OH is 2. The molecule has 2 aliphatic heterocycles. The van der Waals surface area contributed by atoms with E-state index in [0.717, 1.165) is 81.1 Å². The highest BCUT2D eigenvalue weighted by molar-refractivity contribution is 8.36. The van der Waals surface area contributed by atoms with Crippen LogP contribution in [0, 0.1) is 0 Å². The van der Waals surface area contributed by atoms with E-state index in [2.05, 4.69) is 75.4 Å². The number of thioether (sulfide) groups is 1. The smallest absolute Gasteiger partial charge is 0.281 e. The minimum absolute atomic E-state index is 0.647. The number of nitrogens with zero attached hydrogens (tertiary/aromatic N) is 3. The van der Waals surface area contributed by atoms with Crippen LogP contribution in [-0.2, 0) is 0 Å². The van der Waals surface area contributed by atoms with Crippen LogP contribution >= 0.6 is 33.6 Å². The number of benzene rings is 3. The van der Waals surface area contributed by atoms with Gasteiger partial charge in [-0.25, -0.2) is 0 Å². The molecule has 8 heteroatoms. The molecule has 5 nitrogen and oxygen atoms in total. The van der Waals surface area contributed by atoms with E-state index >= 15 is 0 Å². The van der Waals surface area contributed by atoms with Crippen molar-refractivity contribution >= 4 is 56.2 Å². The third kappa shape index (κ3) is 5.12. The number of hydrogen-bond donors (Lipinski definition) is 2. The molecule has 0 bridgehead atoms. The standard InChI is InChI=1S/C33H32ClN3O2S2/c1-35-30-15-14-27(41(20-18-38,21-19-39)36-16-8-3-9-17-36)24-31(30)40-33(35)23-25-22-32(34)37(26-10-4-2-5-11-26)29-13-7-6-12-28(25)29/h2,4-7,10-15,18-24H,3,8-9,16-17H2,1H3,(H-,38,39)/p+1. The van der Waals surface area contributed by atoms with Crippen LogP contribution in [-0.4, -0.2) is 34.7 Å². The summed E-state index contributed by atoms with van der Waals surface area (Å²) in [6.45, 7) is 1.87. The maximum absolute atomic E-state index is 9.93. The van der Waals surface area contributed by atoms with E-state index in [1.54, 1.807) is 11.8 Å². The van der Waals surface area contributed by atoms with Crippen LogP contribution in [0.3, 0.4) is 0 Å². The van der Waals surface area contributed by atoms with Crippen molar-refractivity contribution in [1.29, 1.82) is 0 Å². The van der Waals surface area contributed by atoms with Crippen molar-refractivity contribution in [3.8, 4) is 5.69 Å². The van der Waals surface area contributed by atoms with E-state index in [-0.39, 0.29) is 0 Å². The second-order valence-corrected chi connectivity index (χ2v) is 14.4.